The highest BCUT2D eigenvalue weighted by Gasteiger charge is 2.19. The number of hydrogen-bond acceptors (Lipinski definition) is 3. The fourth-order valence-corrected chi connectivity index (χ4v) is 3.41. The van der Waals surface area contributed by atoms with Gasteiger partial charge in [0.1, 0.15) is 6.67 Å². The molecule has 3 rings (SSSR count). The van der Waals surface area contributed by atoms with E-state index in [4.69, 9.17) is 0 Å². The first-order valence-corrected chi connectivity index (χ1v) is 9.30. The van der Waals surface area contributed by atoms with Crippen molar-refractivity contribution in [2.75, 3.05) is 25.5 Å². The van der Waals surface area contributed by atoms with Gasteiger partial charge in [0.2, 0.25) is 0 Å². The Labute approximate surface area is 160 Å². The monoisotopic (exact) mass is 363 g/mol. The molecule has 2 aromatic rings. The van der Waals surface area contributed by atoms with Crippen LogP contribution in [0.3, 0.4) is 0 Å². The standard InChI is InChI=1S/C23H26FN3/c1-25-13-4-3-10-22(26-2)20-12-11-19-8-6-14-27(23(19)16-20)21-9-5-7-18(15-21)17-24/h3-5,7,9-13,15-16,25H,6,8,14,17H2,1-2H3/b10-3-,13-4+,26-22+. The van der Waals surface area contributed by atoms with Crippen LogP contribution in [0.15, 0.2) is 71.9 Å². The van der Waals surface area contributed by atoms with E-state index in [1.165, 1.54) is 11.3 Å². The van der Waals surface area contributed by atoms with Crippen molar-refractivity contribution < 1.29 is 4.39 Å². The minimum atomic E-state index is -0.438. The van der Waals surface area contributed by atoms with Gasteiger partial charge in [0.25, 0.3) is 0 Å². The quantitative estimate of drug-likeness (QED) is 0.581. The highest BCUT2D eigenvalue weighted by Crippen LogP contribution is 2.34. The predicted molar refractivity (Wildman–Crippen MR) is 113 cm³/mol. The normalized spacial score (nSPS) is 14.8. The summed E-state index contributed by atoms with van der Waals surface area (Å²) in [5.74, 6) is 0. The van der Waals surface area contributed by atoms with Gasteiger partial charge >= 0.3 is 0 Å². The molecule has 0 unspecified atom stereocenters. The first kappa shape index (κ1) is 18.9. The molecule has 27 heavy (non-hydrogen) atoms. The second-order valence-corrected chi connectivity index (χ2v) is 6.52. The molecule has 0 saturated carbocycles. The predicted octanol–water partition coefficient (Wildman–Crippen LogP) is 4.95. The van der Waals surface area contributed by atoms with Crippen LogP contribution in [0.1, 0.15) is 23.1 Å². The van der Waals surface area contributed by atoms with Gasteiger partial charge in [-0.3, -0.25) is 4.99 Å². The summed E-state index contributed by atoms with van der Waals surface area (Å²) >= 11 is 0. The number of aryl methyl sites for hydroxylation is 1. The van der Waals surface area contributed by atoms with Crippen molar-refractivity contribution in [1.29, 1.82) is 0 Å². The highest BCUT2D eigenvalue weighted by molar-refractivity contribution is 6.09. The van der Waals surface area contributed by atoms with Gasteiger partial charge in [-0.1, -0.05) is 30.3 Å². The Hall–Kier alpha value is -2.88. The average molecular weight is 363 g/mol. The molecule has 1 aliphatic rings. The van der Waals surface area contributed by atoms with E-state index in [2.05, 4.69) is 39.5 Å². The lowest BCUT2D eigenvalue weighted by molar-refractivity contribution is 0.485. The molecule has 1 aliphatic heterocycles. The minimum absolute atomic E-state index is 0.438. The Morgan fingerprint density at radius 3 is 2.89 bits per heavy atom. The van der Waals surface area contributed by atoms with E-state index in [9.17, 15) is 4.39 Å². The number of nitrogens with one attached hydrogen (secondary N) is 1. The molecule has 0 amide bonds. The summed E-state index contributed by atoms with van der Waals surface area (Å²) in [5.41, 5.74) is 6.29. The molecule has 4 heteroatoms. The van der Waals surface area contributed by atoms with Crippen LogP contribution in [0.25, 0.3) is 0 Å². The fraction of sp³-hybridized carbons (Fsp3) is 0.261. The zero-order chi connectivity index (χ0) is 19.1. The van der Waals surface area contributed by atoms with E-state index in [-0.39, 0.29) is 0 Å². The van der Waals surface area contributed by atoms with Gasteiger partial charge in [-0.25, -0.2) is 4.39 Å². The van der Waals surface area contributed by atoms with Crippen LogP contribution < -0.4 is 10.2 Å². The molecule has 0 fully saturated rings. The molecule has 2 aromatic carbocycles. The summed E-state index contributed by atoms with van der Waals surface area (Å²) in [7, 11) is 3.68. The molecule has 0 bridgehead atoms. The molecule has 0 spiro atoms. The lowest BCUT2D eigenvalue weighted by Crippen LogP contribution is -2.25. The van der Waals surface area contributed by atoms with E-state index in [0.717, 1.165) is 36.3 Å². The number of nitrogens with zero attached hydrogens (tertiary/aromatic N) is 2. The third kappa shape index (κ3) is 4.45. The van der Waals surface area contributed by atoms with Crippen LogP contribution in [0.2, 0.25) is 0 Å². The van der Waals surface area contributed by atoms with Crippen LogP contribution in [0, 0.1) is 0 Å². The smallest absolute Gasteiger partial charge is 0.115 e. The molecule has 1 N–H and O–H groups in total. The Kier molecular flexibility index (Phi) is 6.42. The summed E-state index contributed by atoms with van der Waals surface area (Å²) in [6.07, 6.45) is 9.95. The first-order chi connectivity index (χ1) is 13.3. The van der Waals surface area contributed by atoms with Crippen LogP contribution in [-0.2, 0) is 13.1 Å². The third-order valence-electron chi connectivity index (χ3n) is 4.75. The number of aliphatic imine (C=N–C) groups is 1. The van der Waals surface area contributed by atoms with Crippen molar-refractivity contribution in [1.82, 2.24) is 5.32 Å². The molecule has 0 radical (unpaired) electrons. The summed E-state index contributed by atoms with van der Waals surface area (Å²) in [4.78, 5) is 6.73. The number of rotatable bonds is 6. The largest absolute Gasteiger partial charge is 0.394 e. The van der Waals surface area contributed by atoms with E-state index >= 15 is 0 Å². The zero-order valence-electron chi connectivity index (χ0n) is 16.0. The van der Waals surface area contributed by atoms with Crippen molar-refractivity contribution >= 4 is 17.1 Å². The Balaban J connectivity index is 1.96. The van der Waals surface area contributed by atoms with Gasteiger partial charge in [0.15, 0.2) is 0 Å². The van der Waals surface area contributed by atoms with Crippen LogP contribution >= 0.6 is 0 Å². The first-order valence-electron chi connectivity index (χ1n) is 9.30. The summed E-state index contributed by atoms with van der Waals surface area (Å²) < 4.78 is 13.1. The molecule has 0 aliphatic carbocycles. The highest BCUT2D eigenvalue weighted by atomic mass is 19.1. The molecule has 0 aromatic heterocycles. The fourth-order valence-electron chi connectivity index (χ4n) is 3.41. The maximum absolute atomic E-state index is 13.1. The number of halogens is 1. The Bertz CT molecular complexity index is 868. The van der Waals surface area contributed by atoms with Crippen LogP contribution in [0.5, 0.6) is 0 Å². The number of allylic oxidation sites excluding steroid dienone is 3. The number of fused-ring (bicyclic) bond motifs is 1. The van der Waals surface area contributed by atoms with Crippen LogP contribution in [0.4, 0.5) is 15.8 Å². The third-order valence-corrected chi connectivity index (χ3v) is 4.75. The molecule has 0 atom stereocenters. The van der Waals surface area contributed by atoms with E-state index < -0.39 is 6.67 Å². The number of hydrogen-bond donors (Lipinski definition) is 1. The van der Waals surface area contributed by atoms with Crippen molar-refractivity contribution in [3.63, 3.8) is 0 Å². The average Bonchev–Trinajstić information content (AvgIpc) is 2.73. The molecular formula is C23H26FN3. The lowest BCUT2D eigenvalue weighted by Gasteiger charge is -2.32. The van der Waals surface area contributed by atoms with E-state index in [0.29, 0.717) is 5.56 Å². The van der Waals surface area contributed by atoms with Gasteiger partial charge in [0, 0.05) is 37.6 Å². The minimum Gasteiger partial charge on any atom is -0.394 e. The maximum Gasteiger partial charge on any atom is 0.115 e. The van der Waals surface area contributed by atoms with Crippen molar-refractivity contribution in [3.05, 3.63) is 83.6 Å². The van der Waals surface area contributed by atoms with E-state index in [1.807, 2.05) is 56.7 Å². The molecule has 0 saturated heterocycles. The van der Waals surface area contributed by atoms with Gasteiger partial charge in [-0.05, 0) is 60.5 Å². The van der Waals surface area contributed by atoms with Crippen molar-refractivity contribution in [3.8, 4) is 0 Å². The summed E-state index contributed by atoms with van der Waals surface area (Å²) in [5, 5.41) is 2.97. The number of alkyl halides is 1. The summed E-state index contributed by atoms with van der Waals surface area (Å²) in [6.45, 7) is 0.498. The van der Waals surface area contributed by atoms with Crippen LogP contribution in [-0.4, -0.2) is 26.4 Å². The van der Waals surface area contributed by atoms with Gasteiger partial charge in [-0.2, -0.15) is 0 Å². The maximum atomic E-state index is 13.1. The SMILES string of the molecule is C\N=C(/C=C\C=C\NC)c1ccc2c(c1)N(c1cccc(CF)c1)CCC2. The topological polar surface area (TPSA) is 27.6 Å². The number of anilines is 2. The summed E-state index contributed by atoms with van der Waals surface area (Å²) in [6, 6.07) is 14.3. The second kappa shape index (κ2) is 9.17. The lowest BCUT2D eigenvalue weighted by atomic mass is 9.97. The van der Waals surface area contributed by atoms with Gasteiger partial charge < -0.3 is 10.2 Å². The van der Waals surface area contributed by atoms with Gasteiger partial charge in [-0.15, -0.1) is 0 Å². The molecule has 1 heterocycles. The molecular weight excluding hydrogens is 337 g/mol. The van der Waals surface area contributed by atoms with E-state index in [1.54, 1.807) is 0 Å². The van der Waals surface area contributed by atoms with Gasteiger partial charge in [0.05, 0.1) is 5.71 Å². The van der Waals surface area contributed by atoms with Crippen molar-refractivity contribution in [2.24, 2.45) is 4.99 Å². The molecule has 3 nitrogen and oxygen atoms in total. The second-order valence-electron chi connectivity index (χ2n) is 6.52. The Morgan fingerprint density at radius 1 is 1.22 bits per heavy atom. The Morgan fingerprint density at radius 2 is 2.11 bits per heavy atom. The van der Waals surface area contributed by atoms with Crippen molar-refractivity contribution in [2.45, 2.75) is 19.5 Å². The number of benzene rings is 2. The molecule has 140 valence electrons. The zero-order valence-corrected chi connectivity index (χ0v) is 16.0.